The zero-order valence-electron chi connectivity index (χ0n) is 12.3. The van der Waals surface area contributed by atoms with E-state index in [1.54, 1.807) is 0 Å². The van der Waals surface area contributed by atoms with Gasteiger partial charge < -0.3 is 10.6 Å². The Hall–Kier alpha value is -1.65. The molecule has 0 aliphatic heterocycles. The van der Waals surface area contributed by atoms with Gasteiger partial charge in [-0.15, -0.1) is 0 Å². The van der Waals surface area contributed by atoms with Crippen LogP contribution in [0, 0.1) is 17.2 Å². The van der Waals surface area contributed by atoms with E-state index in [-0.39, 0.29) is 17.3 Å². The standard InChI is InChI=1S/C15H22FN3O/c1-4-6-17-13-12(16)11(5-7-18-13)14(20)19-9-10-8-15(10,2)3/h5,7,10H,4,6,8-9H2,1-3H3,(H,17,18)(H,19,20). The van der Waals surface area contributed by atoms with Gasteiger partial charge in [-0.3, -0.25) is 4.79 Å². The number of carbonyl (C=O) groups is 1. The van der Waals surface area contributed by atoms with Crippen molar-refractivity contribution in [1.29, 1.82) is 0 Å². The van der Waals surface area contributed by atoms with Crippen LogP contribution in [0.1, 0.15) is 44.0 Å². The van der Waals surface area contributed by atoms with Gasteiger partial charge in [-0.25, -0.2) is 9.37 Å². The second-order valence-electron chi connectivity index (χ2n) is 6.05. The first-order chi connectivity index (χ1) is 9.45. The molecular formula is C15H22FN3O. The summed E-state index contributed by atoms with van der Waals surface area (Å²) in [5.74, 6) is -0.305. The molecule has 2 N–H and O–H groups in total. The summed E-state index contributed by atoms with van der Waals surface area (Å²) in [6.07, 6.45) is 3.43. The molecule has 1 unspecified atom stereocenters. The third-order valence-electron chi connectivity index (χ3n) is 3.90. The Kier molecular flexibility index (Phi) is 4.26. The first kappa shape index (κ1) is 14.8. The fourth-order valence-corrected chi connectivity index (χ4v) is 2.22. The topological polar surface area (TPSA) is 54.0 Å². The predicted molar refractivity (Wildman–Crippen MR) is 77.2 cm³/mol. The van der Waals surface area contributed by atoms with Crippen molar-refractivity contribution in [1.82, 2.24) is 10.3 Å². The summed E-state index contributed by atoms with van der Waals surface area (Å²) in [6.45, 7) is 7.56. The summed E-state index contributed by atoms with van der Waals surface area (Å²) in [6, 6.07) is 1.42. The maximum absolute atomic E-state index is 14.2. The van der Waals surface area contributed by atoms with E-state index in [0.717, 1.165) is 12.8 Å². The number of amides is 1. The monoisotopic (exact) mass is 279 g/mol. The van der Waals surface area contributed by atoms with Crippen molar-refractivity contribution < 1.29 is 9.18 Å². The Labute approximate surface area is 119 Å². The fraction of sp³-hybridized carbons (Fsp3) is 0.600. The van der Waals surface area contributed by atoms with Crippen LogP contribution in [0.2, 0.25) is 0 Å². The lowest BCUT2D eigenvalue weighted by atomic mass is 10.1. The van der Waals surface area contributed by atoms with Crippen molar-refractivity contribution in [3.8, 4) is 0 Å². The zero-order valence-corrected chi connectivity index (χ0v) is 12.3. The Morgan fingerprint density at radius 3 is 2.85 bits per heavy atom. The Bertz CT molecular complexity index is 502. The zero-order chi connectivity index (χ0) is 14.8. The van der Waals surface area contributed by atoms with E-state index in [1.165, 1.54) is 12.3 Å². The smallest absolute Gasteiger partial charge is 0.254 e. The summed E-state index contributed by atoms with van der Waals surface area (Å²) in [5.41, 5.74) is 0.356. The quantitative estimate of drug-likeness (QED) is 0.842. The van der Waals surface area contributed by atoms with E-state index in [0.29, 0.717) is 24.4 Å². The van der Waals surface area contributed by atoms with Crippen LogP contribution in [0.15, 0.2) is 12.3 Å². The number of anilines is 1. The molecule has 0 radical (unpaired) electrons. The molecule has 2 rings (SSSR count). The van der Waals surface area contributed by atoms with E-state index in [9.17, 15) is 9.18 Å². The number of hydrogen-bond acceptors (Lipinski definition) is 3. The van der Waals surface area contributed by atoms with Crippen LogP contribution < -0.4 is 10.6 Å². The van der Waals surface area contributed by atoms with Gasteiger partial charge in [0.25, 0.3) is 5.91 Å². The Morgan fingerprint density at radius 2 is 2.25 bits per heavy atom. The van der Waals surface area contributed by atoms with Gasteiger partial charge in [0.2, 0.25) is 0 Å². The molecule has 4 nitrogen and oxygen atoms in total. The van der Waals surface area contributed by atoms with Crippen LogP contribution in [-0.4, -0.2) is 24.0 Å². The average Bonchev–Trinajstić information content (AvgIpc) is 3.02. The minimum Gasteiger partial charge on any atom is -0.368 e. The minimum absolute atomic E-state index is 0.0528. The lowest BCUT2D eigenvalue weighted by Crippen LogP contribution is -2.27. The van der Waals surface area contributed by atoms with Gasteiger partial charge in [-0.2, -0.15) is 0 Å². The van der Waals surface area contributed by atoms with Gasteiger partial charge in [-0.1, -0.05) is 20.8 Å². The van der Waals surface area contributed by atoms with Crippen LogP contribution in [0.4, 0.5) is 10.2 Å². The number of rotatable bonds is 6. The highest BCUT2D eigenvalue weighted by Crippen LogP contribution is 2.50. The number of halogens is 1. The first-order valence-electron chi connectivity index (χ1n) is 7.12. The lowest BCUT2D eigenvalue weighted by molar-refractivity contribution is 0.0946. The van der Waals surface area contributed by atoms with Crippen molar-refractivity contribution in [2.45, 2.75) is 33.6 Å². The molecule has 1 aromatic rings. The van der Waals surface area contributed by atoms with Gasteiger partial charge >= 0.3 is 0 Å². The summed E-state index contributed by atoms with van der Waals surface area (Å²) >= 11 is 0. The fourth-order valence-electron chi connectivity index (χ4n) is 2.22. The van der Waals surface area contributed by atoms with Gasteiger partial charge in [-0.05, 0) is 30.2 Å². The molecule has 5 heteroatoms. The summed E-state index contributed by atoms with van der Waals surface area (Å²) in [5, 5.41) is 5.69. The van der Waals surface area contributed by atoms with Crippen molar-refractivity contribution >= 4 is 11.7 Å². The SMILES string of the molecule is CCCNc1nccc(C(=O)NCC2CC2(C)C)c1F. The van der Waals surface area contributed by atoms with Gasteiger partial charge in [0, 0.05) is 19.3 Å². The Balaban J connectivity index is 1.98. The second kappa shape index (κ2) is 5.77. The molecule has 0 saturated heterocycles. The highest BCUT2D eigenvalue weighted by Gasteiger charge is 2.45. The minimum atomic E-state index is -0.575. The predicted octanol–water partition coefficient (Wildman–Crippen LogP) is 2.82. The largest absolute Gasteiger partial charge is 0.368 e. The summed E-state index contributed by atoms with van der Waals surface area (Å²) in [7, 11) is 0. The van der Waals surface area contributed by atoms with E-state index in [4.69, 9.17) is 0 Å². The molecule has 1 aliphatic rings. The molecule has 1 aliphatic carbocycles. The number of carbonyl (C=O) groups excluding carboxylic acids is 1. The number of hydrogen-bond donors (Lipinski definition) is 2. The van der Waals surface area contributed by atoms with Crippen LogP contribution >= 0.6 is 0 Å². The third-order valence-corrected chi connectivity index (χ3v) is 3.90. The van der Waals surface area contributed by atoms with Gasteiger partial charge in [0.15, 0.2) is 11.6 Å². The molecule has 1 aromatic heterocycles. The maximum Gasteiger partial charge on any atom is 0.254 e. The molecule has 1 amide bonds. The molecule has 1 atom stereocenters. The van der Waals surface area contributed by atoms with Crippen LogP contribution in [0.5, 0.6) is 0 Å². The van der Waals surface area contributed by atoms with E-state index in [1.807, 2.05) is 6.92 Å². The van der Waals surface area contributed by atoms with E-state index < -0.39 is 5.82 Å². The van der Waals surface area contributed by atoms with Crippen LogP contribution in [0.3, 0.4) is 0 Å². The molecule has 0 aromatic carbocycles. The van der Waals surface area contributed by atoms with E-state index >= 15 is 0 Å². The number of pyridine rings is 1. The molecule has 20 heavy (non-hydrogen) atoms. The third kappa shape index (κ3) is 3.26. The lowest BCUT2D eigenvalue weighted by Gasteiger charge is -2.10. The van der Waals surface area contributed by atoms with Gasteiger partial charge in [0.05, 0.1) is 5.56 Å². The highest BCUT2D eigenvalue weighted by molar-refractivity contribution is 5.95. The van der Waals surface area contributed by atoms with Crippen molar-refractivity contribution in [3.63, 3.8) is 0 Å². The van der Waals surface area contributed by atoms with Crippen LogP contribution in [0.25, 0.3) is 0 Å². The molecule has 110 valence electrons. The average molecular weight is 279 g/mol. The summed E-state index contributed by atoms with van der Waals surface area (Å²) in [4.78, 5) is 16.0. The van der Waals surface area contributed by atoms with Crippen molar-refractivity contribution in [2.75, 3.05) is 18.4 Å². The summed E-state index contributed by atoms with van der Waals surface area (Å²) < 4.78 is 14.2. The van der Waals surface area contributed by atoms with Crippen LogP contribution in [-0.2, 0) is 0 Å². The van der Waals surface area contributed by atoms with Crippen molar-refractivity contribution in [3.05, 3.63) is 23.6 Å². The molecule has 0 spiro atoms. The van der Waals surface area contributed by atoms with Gasteiger partial charge in [0.1, 0.15) is 0 Å². The first-order valence-corrected chi connectivity index (χ1v) is 7.12. The molecule has 0 bridgehead atoms. The maximum atomic E-state index is 14.2. The van der Waals surface area contributed by atoms with E-state index in [2.05, 4.69) is 29.5 Å². The number of nitrogens with one attached hydrogen (secondary N) is 2. The number of aromatic nitrogens is 1. The number of nitrogens with zero attached hydrogens (tertiary/aromatic N) is 1. The normalized spacial score (nSPS) is 19.5. The van der Waals surface area contributed by atoms with Crippen molar-refractivity contribution in [2.24, 2.45) is 11.3 Å². The molecular weight excluding hydrogens is 257 g/mol. The molecule has 1 fully saturated rings. The second-order valence-corrected chi connectivity index (χ2v) is 6.05. The Morgan fingerprint density at radius 1 is 1.55 bits per heavy atom. The highest BCUT2D eigenvalue weighted by atomic mass is 19.1. The molecule has 1 saturated carbocycles. The molecule has 1 heterocycles.